The van der Waals surface area contributed by atoms with Crippen LogP contribution < -0.4 is 0 Å². The van der Waals surface area contributed by atoms with Crippen molar-refractivity contribution in [3.8, 4) is 0 Å². The zero-order chi connectivity index (χ0) is 11.1. The van der Waals surface area contributed by atoms with Crippen LogP contribution in [0.4, 0.5) is 0 Å². The summed E-state index contributed by atoms with van der Waals surface area (Å²) in [6.45, 7) is 8.26. The Morgan fingerprint density at radius 2 is 2.00 bits per heavy atom. The Hall–Kier alpha value is -1.56. The molecule has 0 radical (unpaired) electrons. The summed E-state index contributed by atoms with van der Waals surface area (Å²) in [5, 5.41) is 0. The molecule has 1 aromatic rings. The van der Waals surface area contributed by atoms with Crippen molar-refractivity contribution in [1.29, 1.82) is 0 Å². The molecule has 0 aromatic heterocycles. The van der Waals surface area contributed by atoms with Gasteiger partial charge in [0.25, 0.3) is 0 Å². The summed E-state index contributed by atoms with van der Waals surface area (Å²) in [5.74, 6) is 0. The molecule has 0 fully saturated rings. The van der Waals surface area contributed by atoms with Crippen molar-refractivity contribution < 1.29 is 0 Å². The smallest absolute Gasteiger partial charge is 0.0158 e. The first kappa shape index (κ1) is 11.5. The van der Waals surface area contributed by atoms with Crippen molar-refractivity contribution in [2.24, 2.45) is 0 Å². The summed E-state index contributed by atoms with van der Waals surface area (Å²) in [5.41, 5.74) is 3.68. The monoisotopic (exact) mass is 198 g/mol. The van der Waals surface area contributed by atoms with Crippen LogP contribution in [0.25, 0.3) is 5.57 Å². The lowest BCUT2D eigenvalue weighted by Gasteiger charge is -2.06. The van der Waals surface area contributed by atoms with Crippen LogP contribution in [0, 0.1) is 0 Å². The van der Waals surface area contributed by atoms with Crippen molar-refractivity contribution in [3.63, 3.8) is 0 Å². The SMILES string of the molecule is C=C(/C=C\C=C/C)c1ccccc1CC. The molecular formula is C15H18. The third-order valence-electron chi connectivity index (χ3n) is 2.35. The van der Waals surface area contributed by atoms with Crippen LogP contribution in [0.3, 0.4) is 0 Å². The molecule has 0 N–H and O–H groups in total. The van der Waals surface area contributed by atoms with E-state index in [4.69, 9.17) is 0 Å². The normalized spacial score (nSPS) is 11.3. The topological polar surface area (TPSA) is 0 Å². The predicted octanol–water partition coefficient (Wildman–Crippen LogP) is 4.39. The quantitative estimate of drug-likeness (QED) is 0.629. The van der Waals surface area contributed by atoms with Gasteiger partial charge in [0.1, 0.15) is 0 Å². The van der Waals surface area contributed by atoms with E-state index in [1.807, 2.05) is 25.2 Å². The molecule has 0 amide bonds. The molecule has 0 aliphatic heterocycles. The van der Waals surface area contributed by atoms with Crippen LogP contribution in [0.1, 0.15) is 25.0 Å². The molecule has 1 rings (SSSR count). The summed E-state index contributed by atoms with van der Waals surface area (Å²) in [6.07, 6.45) is 9.14. The van der Waals surface area contributed by atoms with Crippen LogP contribution >= 0.6 is 0 Å². The predicted molar refractivity (Wildman–Crippen MR) is 68.8 cm³/mol. The van der Waals surface area contributed by atoms with Gasteiger partial charge in [0.05, 0.1) is 0 Å². The average molecular weight is 198 g/mol. The van der Waals surface area contributed by atoms with E-state index in [-0.39, 0.29) is 0 Å². The molecular weight excluding hydrogens is 180 g/mol. The fourth-order valence-electron chi connectivity index (χ4n) is 1.51. The number of rotatable bonds is 4. The number of hydrogen-bond donors (Lipinski definition) is 0. The van der Waals surface area contributed by atoms with Crippen molar-refractivity contribution >= 4 is 5.57 Å². The number of allylic oxidation sites excluding steroid dienone is 5. The largest absolute Gasteiger partial charge is 0.0911 e. The van der Waals surface area contributed by atoms with Crippen molar-refractivity contribution in [1.82, 2.24) is 0 Å². The van der Waals surface area contributed by atoms with Gasteiger partial charge in [0.2, 0.25) is 0 Å². The highest BCUT2D eigenvalue weighted by Gasteiger charge is 1.99. The summed E-state index contributed by atoms with van der Waals surface area (Å²) < 4.78 is 0. The summed E-state index contributed by atoms with van der Waals surface area (Å²) >= 11 is 0. The van der Waals surface area contributed by atoms with E-state index >= 15 is 0 Å². The lowest BCUT2D eigenvalue weighted by Crippen LogP contribution is -1.88. The van der Waals surface area contributed by atoms with E-state index in [2.05, 4.69) is 43.8 Å². The Morgan fingerprint density at radius 3 is 2.67 bits per heavy atom. The molecule has 0 aliphatic rings. The summed E-state index contributed by atoms with van der Waals surface area (Å²) in [7, 11) is 0. The van der Waals surface area contributed by atoms with E-state index in [1.165, 1.54) is 11.1 Å². The fourth-order valence-corrected chi connectivity index (χ4v) is 1.51. The Balaban J connectivity index is 2.90. The van der Waals surface area contributed by atoms with Gasteiger partial charge in [-0.05, 0) is 30.0 Å². The van der Waals surface area contributed by atoms with Gasteiger partial charge in [0, 0.05) is 0 Å². The van der Waals surface area contributed by atoms with Crippen molar-refractivity contribution in [2.75, 3.05) is 0 Å². The second kappa shape index (κ2) is 6.02. The molecule has 0 heteroatoms. The Bertz CT molecular complexity index is 381. The van der Waals surface area contributed by atoms with Gasteiger partial charge < -0.3 is 0 Å². The second-order valence-corrected chi connectivity index (χ2v) is 3.42. The summed E-state index contributed by atoms with van der Waals surface area (Å²) in [4.78, 5) is 0. The molecule has 15 heavy (non-hydrogen) atoms. The van der Waals surface area contributed by atoms with Gasteiger partial charge in [-0.1, -0.05) is 62.1 Å². The zero-order valence-corrected chi connectivity index (χ0v) is 9.53. The average Bonchev–Trinajstić information content (AvgIpc) is 2.29. The number of benzene rings is 1. The minimum Gasteiger partial charge on any atom is -0.0911 e. The minimum absolute atomic E-state index is 1.05. The maximum absolute atomic E-state index is 4.08. The van der Waals surface area contributed by atoms with Gasteiger partial charge in [-0.2, -0.15) is 0 Å². The minimum atomic E-state index is 1.05. The highest BCUT2D eigenvalue weighted by atomic mass is 14.0. The highest BCUT2D eigenvalue weighted by molar-refractivity contribution is 5.74. The first-order valence-corrected chi connectivity index (χ1v) is 5.36. The van der Waals surface area contributed by atoms with E-state index < -0.39 is 0 Å². The molecule has 1 aromatic carbocycles. The van der Waals surface area contributed by atoms with Gasteiger partial charge >= 0.3 is 0 Å². The molecule has 0 unspecified atom stereocenters. The second-order valence-electron chi connectivity index (χ2n) is 3.42. The first-order chi connectivity index (χ1) is 7.29. The Labute approximate surface area is 92.6 Å². The molecule has 0 spiro atoms. The Morgan fingerprint density at radius 1 is 1.27 bits per heavy atom. The zero-order valence-electron chi connectivity index (χ0n) is 9.53. The molecule has 0 saturated carbocycles. The third kappa shape index (κ3) is 3.25. The van der Waals surface area contributed by atoms with Crippen LogP contribution in [0.5, 0.6) is 0 Å². The van der Waals surface area contributed by atoms with Crippen LogP contribution in [0.15, 0.2) is 55.1 Å². The third-order valence-corrected chi connectivity index (χ3v) is 2.35. The van der Waals surface area contributed by atoms with Gasteiger partial charge in [0.15, 0.2) is 0 Å². The Kier molecular flexibility index (Phi) is 4.62. The van der Waals surface area contributed by atoms with Crippen molar-refractivity contribution in [3.05, 3.63) is 66.3 Å². The highest BCUT2D eigenvalue weighted by Crippen LogP contribution is 2.19. The van der Waals surface area contributed by atoms with Gasteiger partial charge in [-0.25, -0.2) is 0 Å². The molecule has 0 aliphatic carbocycles. The fraction of sp³-hybridized carbons (Fsp3) is 0.200. The first-order valence-electron chi connectivity index (χ1n) is 5.36. The molecule has 78 valence electrons. The molecule has 0 saturated heterocycles. The van der Waals surface area contributed by atoms with Gasteiger partial charge in [-0.15, -0.1) is 0 Å². The van der Waals surface area contributed by atoms with Gasteiger partial charge in [-0.3, -0.25) is 0 Å². The molecule has 0 nitrogen and oxygen atoms in total. The van der Waals surface area contributed by atoms with Crippen LogP contribution in [-0.2, 0) is 6.42 Å². The number of aryl methyl sites for hydroxylation is 1. The lowest BCUT2D eigenvalue weighted by atomic mass is 9.99. The van der Waals surface area contributed by atoms with Crippen LogP contribution in [-0.4, -0.2) is 0 Å². The van der Waals surface area contributed by atoms with E-state index in [9.17, 15) is 0 Å². The maximum atomic E-state index is 4.08. The van der Waals surface area contributed by atoms with E-state index in [1.54, 1.807) is 0 Å². The van der Waals surface area contributed by atoms with Crippen LogP contribution in [0.2, 0.25) is 0 Å². The standard InChI is InChI=1S/C15H18/c1-4-6-7-10-13(3)15-12-9-8-11-14(15)5-2/h4,6-12H,3,5H2,1-2H3/b6-4-,10-7-. The summed E-state index contributed by atoms with van der Waals surface area (Å²) in [6, 6.07) is 8.42. The van der Waals surface area contributed by atoms with Crippen molar-refractivity contribution in [2.45, 2.75) is 20.3 Å². The number of hydrogen-bond acceptors (Lipinski definition) is 0. The molecule has 0 bridgehead atoms. The maximum Gasteiger partial charge on any atom is -0.0158 e. The molecule has 0 atom stereocenters. The van der Waals surface area contributed by atoms with E-state index in [0.717, 1.165) is 12.0 Å². The molecule has 0 heterocycles. The lowest BCUT2D eigenvalue weighted by molar-refractivity contribution is 1.13. The van der Waals surface area contributed by atoms with E-state index in [0.29, 0.717) is 0 Å².